The van der Waals surface area contributed by atoms with Crippen LogP contribution in [0.2, 0.25) is 5.02 Å². The van der Waals surface area contributed by atoms with Crippen molar-refractivity contribution in [1.29, 1.82) is 0 Å². The van der Waals surface area contributed by atoms with Gasteiger partial charge in [-0.2, -0.15) is 4.98 Å². The number of esters is 1. The van der Waals surface area contributed by atoms with Crippen LogP contribution in [0.3, 0.4) is 0 Å². The van der Waals surface area contributed by atoms with E-state index in [1.165, 1.54) is 6.20 Å². The van der Waals surface area contributed by atoms with E-state index in [1.807, 2.05) is 0 Å². The Morgan fingerprint density at radius 3 is 2.95 bits per heavy atom. The lowest BCUT2D eigenvalue weighted by Gasteiger charge is -2.09. The summed E-state index contributed by atoms with van der Waals surface area (Å²) in [6.07, 6.45) is 1.50. The second kappa shape index (κ2) is 6.90. The molecule has 1 aromatic carbocycles. The van der Waals surface area contributed by atoms with Crippen LogP contribution in [0.4, 0.5) is 17.5 Å². The molecule has 7 heteroatoms. The average Bonchev–Trinajstić information content (AvgIpc) is 2.50. The van der Waals surface area contributed by atoms with Crippen LogP contribution in [0.15, 0.2) is 30.5 Å². The number of rotatable bonds is 5. The Morgan fingerprint density at radius 1 is 1.43 bits per heavy atom. The Balaban J connectivity index is 2.24. The highest BCUT2D eigenvalue weighted by Crippen LogP contribution is 2.24. The van der Waals surface area contributed by atoms with Gasteiger partial charge in [0.05, 0.1) is 18.4 Å². The average molecular weight is 307 g/mol. The van der Waals surface area contributed by atoms with Crippen LogP contribution in [0, 0.1) is 0 Å². The van der Waals surface area contributed by atoms with Crippen LogP contribution in [0.25, 0.3) is 0 Å². The fraction of sp³-hybridized carbons (Fsp3) is 0.214. The molecule has 110 valence electrons. The van der Waals surface area contributed by atoms with E-state index in [0.717, 1.165) is 0 Å². The molecule has 0 unspecified atom stereocenters. The number of nitrogens with one attached hydrogen (secondary N) is 2. The van der Waals surface area contributed by atoms with E-state index >= 15 is 0 Å². The second-order valence-corrected chi connectivity index (χ2v) is 4.47. The number of carbonyl (C=O) groups is 1. The van der Waals surface area contributed by atoms with Gasteiger partial charge in [0.25, 0.3) is 0 Å². The van der Waals surface area contributed by atoms with E-state index in [9.17, 15) is 4.79 Å². The minimum atomic E-state index is -0.370. The van der Waals surface area contributed by atoms with Gasteiger partial charge in [0.1, 0.15) is 5.02 Å². The summed E-state index contributed by atoms with van der Waals surface area (Å²) in [4.78, 5) is 19.9. The third-order valence-electron chi connectivity index (χ3n) is 2.60. The van der Waals surface area contributed by atoms with Gasteiger partial charge in [-0.25, -0.2) is 9.78 Å². The zero-order valence-corrected chi connectivity index (χ0v) is 12.4. The van der Waals surface area contributed by atoms with Crippen LogP contribution < -0.4 is 10.6 Å². The topological polar surface area (TPSA) is 76.1 Å². The molecule has 0 amide bonds. The molecule has 1 heterocycles. The van der Waals surface area contributed by atoms with E-state index in [4.69, 9.17) is 16.3 Å². The highest BCUT2D eigenvalue weighted by Gasteiger charge is 2.09. The van der Waals surface area contributed by atoms with Crippen molar-refractivity contribution in [2.24, 2.45) is 0 Å². The summed E-state index contributed by atoms with van der Waals surface area (Å²) in [6.45, 7) is 2.10. The molecule has 0 aliphatic rings. The van der Waals surface area contributed by atoms with E-state index in [-0.39, 0.29) is 5.97 Å². The highest BCUT2D eigenvalue weighted by molar-refractivity contribution is 6.32. The van der Waals surface area contributed by atoms with E-state index in [1.54, 1.807) is 38.2 Å². The fourth-order valence-corrected chi connectivity index (χ4v) is 1.79. The van der Waals surface area contributed by atoms with E-state index in [2.05, 4.69) is 20.6 Å². The molecular weight excluding hydrogens is 292 g/mol. The lowest BCUT2D eigenvalue weighted by atomic mass is 10.2. The summed E-state index contributed by atoms with van der Waals surface area (Å²) in [5.41, 5.74) is 1.14. The summed E-state index contributed by atoms with van der Waals surface area (Å²) in [7, 11) is 1.72. The predicted molar refractivity (Wildman–Crippen MR) is 82.3 cm³/mol. The Bertz CT molecular complexity index is 649. The predicted octanol–water partition coefficient (Wildman–Crippen LogP) is 3.09. The molecule has 0 fully saturated rings. The molecule has 0 saturated heterocycles. The molecule has 0 aliphatic heterocycles. The van der Waals surface area contributed by atoms with Gasteiger partial charge >= 0.3 is 5.97 Å². The van der Waals surface area contributed by atoms with E-state index in [0.29, 0.717) is 34.6 Å². The lowest BCUT2D eigenvalue weighted by Crippen LogP contribution is -2.05. The van der Waals surface area contributed by atoms with Crippen molar-refractivity contribution in [3.63, 3.8) is 0 Å². The van der Waals surface area contributed by atoms with Gasteiger partial charge in [0, 0.05) is 12.7 Å². The highest BCUT2D eigenvalue weighted by atomic mass is 35.5. The number of ether oxygens (including phenoxy) is 1. The van der Waals surface area contributed by atoms with Crippen LogP contribution in [-0.4, -0.2) is 29.6 Å². The van der Waals surface area contributed by atoms with Gasteiger partial charge in [-0.15, -0.1) is 0 Å². The number of aromatic nitrogens is 2. The molecule has 0 atom stereocenters. The molecule has 6 nitrogen and oxygen atoms in total. The quantitative estimate of drug-likeness (QED) is 0.827. The molecule has 2 N–H and O–H groups in total. The largest absolute Gasteiger partial charge is 0.462 e. The maximum absolute atomic E-state index is 11.7. The molecule has 0 spiro atoms. The first kappa shape index (κ1) is 15.1. The number of anilines is 3. The number of hydrogen-bond donors (Lipinski definition) is 2. The Morgan fingerprint density at radius 2 is 2.24 bits per heavy atom. The maximum Gasteiger partial charge on any atom is 0.338 e. The summed E-state index contributed by atoms with van der Waals surface area (Å²) in [5.74, 6) is 0.534. The third kappa shape index (κ3) is 3.82. The van der Waals surface area contributed by atoms with Gasteiger partial charge < -0.3 is 15.4 Å². The van der Waals surface area contributed by atoms with Gasteiger partial charge in [-0.3, -0.25) is 0 Å². The molecule has 0 radical (unpaired) electrons. The van der Waals surface area contributed by atoms with Gasteiger partial charge in [0.2, 0.25) is 5.95 Å². The zero-order valence-electron chi connectivity index (χ0n) is 11.7. The SMILES string of the molecule is CCOC(=O)c1cccc(Nc2nc(NC)ncc2Cl)c1. The van der Waals surface area contributed by atoms with Crippen LogP contribution in [0.1, 0.15) is 17.3 Å². The van der Waals surface area contributed by atoms with Gasteiger partial charge in [-0.1, -0.05) is 17.7 Å². The first-order chi connectivity index (χ1) is 10.1. The minimum Gasteiger partial charge on any atom is -0.462 e. The molecule has 2 rings (SSSR count). The Hall–Kier alpha value is -2.34. The molecule has 0 aliphatic carbocycles. The van der Waals surface area contributed by atoms with Crippen molar-refractivity contribution < 1.29 is 9.53 Å². The lowest BCUT2D eigenvalue weighted by molar-refractivity contribution is 0.0526. The molecule has 2 aromatic rings. The Kier molecular flexibility index (Phi) is 4.94. The first-order valence-electron chi connectivity index (χ1n) is 6.38. The van der Waals surface area contributed by atoms with Gasteiger partial charge in [0.15, 0.2) is 5.82 Å². The van der Waals surface area contributed by atoms with Crippen molar-refractivity contribution in [2.75, 3.05) is 24.3 Å². The number of nitrogens with zero attached hydrogens (tertiary/aromatic N) is 2. The van der Waals surface area contributed by atoms with Gasteiger partial charge in [-0.05, 0) is 25.1 Å². The smallest absolute Gasteiger partial charge is 0.338 e. The summed E-state index contributed by atoms with van der Waals surface area (Å²) < 4.78 is 4.96. The maximum atomic E-state index is 11.7. The Labute approximate surface area is 127 Å². The number of carbonyl (C=O) groups excluding carboxylic acids is 1. The first-order valence-corrected chi connectivity index (χ1v) is 6.76. The summed E-state index contributed by atoms with van der Waals surface area (Å²) in [6, 6.07) is 6.92. The molecule has 21 heavy (non-hydrogen) atoms. The molecular formula is C14H15ClN4O2. The number of halogens is 1. The monoisotopic (exact) mass is 306 g/mol. The third-order valence-corrected chi connectivity index (χ3v) is 2.88. The normalized spacial score (nSPS) is 10.0. The van der Waals surface area contributed by atoms with Crippen molar-refractivity contribution in [2.45, 2.75) is 6.92 Å². The summed E-state index contributed by atoms with van der Waals surface area (Å²) in [5, 5.41) is 6.27. The minimum absolute atomic E-state index is 0.333. The fourth-order valence-electron chi connectivity index (χ4n) is 1.65. The van der Waals surface area contributed by atoms with Crippen LogP contribution in [-0.2, 0) is 4.74 Å². The zero-order chi connectivity index (χ0) is 15.2. The van der Waals surface area contributed by atoms with Crippen molar-refractivity contribution in [3.05, 3.63) is 41.0 Å². The number of hydrogen-bond acceptors (Lipinski definition) is 6. The van der Waals surface area contributed by atoms with Crippen molar-refractivity contribution in [1.82, 2.24) is 9.97 Å². The van der Waals surface area contributed by atoms with Crippen molar-refractivity contribution >= 4 is 35.0 Å². The molecule has 1 aromatic heterocycles. The van der Waals surface area contributed by atoms with Crippen LogP contribution in [0.5, 0.6) is 0 Å². The molecule has 0 bridgehead atoms. The van der Waals surface area contributed by atoms with Crippen molar-refractivity contribution in [3.8, 4) is 0 Å². The van der Waals surface area contributed by atoms with Crippen LogP contribution >= 0.6 is 11.6 Å². The van der Waals surface area contributed by atoms with E-state index < -0.39 is 0 Å². The molecule has 0 saturated carbocycles. The second-order valence-electron chi connectivity index (χ2n) is 4.07. The summed E-state index contributed by atoms with van der Waals surface area (Å²) >= 11 is 6.05. The number of benzene rings is 1. The standard InChI is InChI=1S/C14H15ClN4O2/c1-3-21-13(20)9-5-4-6-10(7-9)18-12-11(15)8-17-14(16-2)19-12/h4-8H,3H2,1-2H3,(H2,16,17,18,19).